The Hall–Kier alpha value is -1.25. The number of aliphatic imine (C=N–C) groups is 1. The zero-order valence-corrected chi connectivity index (χ0v) is 8.26. The first-order valence-corrected chi connectivity index (χ1v) is 3.80. The maximum Gasteiger partial charge on any atom is 0.0971 e. The maximum absolute atomic E-state index is 3.95. The highest BCUT2D eigenvalue weighted by Gasteiger charge is 1.88. The quantitative estimate of drug-likeness (QED) is 0.389. The van der Waals surface area contributed by atoms with Crippen molar-refractivity contribution in [1.82, 2.24) is 10.2 Å². The fraction of sp³-hybridized carbons (Fsp3) is 0.444. The van der Waals surface area contributed by atoms with Crippen LogP contribution >= 0.6 is 0 Å². The standard InChI is InChI=1S/C9H17N3/c1-8(6-7-12(4)5)11-9(2)10-3/h6-7H,1H2,2-5H3,(H,10,11)/b7-6-. The average Bonchev–Trinajstić information content (AvgIpc) is 2.00. The van der Waals surface area contributed by atoms with E-state index in [0.717, 1.165) is 11.5 Å². The summed E-state index contributed by atoms with van der Waals surface area (Å²) in [6, 6.07) is 0. The molecule has 0 aliphatic carbocycles. The van der Waals surface area contributed by atoms with Gasteiger partial charge in [0, 0.05) is 33.0 Å². The van der Waals surface area contributed by atoms with E-state index in [1.165, 1.54) is 0 Å². The largest absolute Gasteiger partial charge is 0.383 e. The number of hydrogen-bond donors (Lipinski definition) is 1. The molecule has 0 aliphatic rings. The van der Waals surface area contributed by atoms with Crippen LogP contribution in [0.15, 0.2) is 29.5 Å². The first kappa shape index (κ1) is 10.8. The van der Waals surface area contributed by atoms with Crippen LogP contribution in [-0.2, 0) is 0 Å². The zero-order valence-electron chi connectivity index (χ0n) is 8.26. The molecule has 0 unspecified atom stereocenters. The van der Waals surface area contributed by atoms with Gasteiger partial charge in [-0.15, -0.1) is 0 Å². The number of amidine groups is 1. The van der Waals surface area contributed by atoms with Crippen LogP contribution in [0.25, 0.3) is 0 Å². The first-order chi connectivity index (χ1) is 5.56. The van der Waals surface area contributed by atoms with Crippen molar-refractivity contribution in [2.24, 2.45) is 4.99 Å². The molecule has 1 N–H and O–H groups in total. The fourth-order valence-electron chi connectivity index (χ4n) is 0.569. The molecular weight excluding hydrogens is 150 g/mol. The summed E-state index contributed by atoms with van der Waals surface area (Å²) in [5.41, 5.74) is 0.840. The van der Waals surface area contributed by atoms with Crippen LogP contribution in [0.1, 0.15) is 6.92 Å². The Kier molecular flexibility index (Phi) is 4.84. The molecule has 0 fully saturated rings. The van der Waals surface area contributed by atoms with Gasteiger partial charge in [-0.1, -0.05) is 6.58 Å². The van der Waals surface area contributed by atoms with Crippen molar-refractivity contribution >= 4 is 5.84 Å². The number of allylic oxidation sites excluding steroid dienone is 1. The number of nitrogens with one attached hydrogen (secondary N) is 1. The van der Waals surface area contributed by atoms with E-state index < -0.39 is 0 Å². The van der Waals surface area contributed by atoms with Crippen LogP contribution in [0.2, 0.25) is 0 Å². The third kappa shape index (κ3) is 5.53. The Morgan fingerprint density at radius 2 is 2.08 bits per heavy atom. The lowest BCUT2D eigenvalue weighted by molar-refractivity contribution is 0.563. The molecular formula is C9H17N3. The molecule has 0 rings (SSSR count). The summed E-state index contributed by atoms with van der Waals surface area (Å²) in [7, 11) is 5.67. The minimum absolute atomic E-state index is 0.840. The highest BCUT2D eigenvalue weighted by molar-refractivity contribution is 5.81. The van der Waals surface area contributed by atoms with Gasteiger partial charge in [0.25, 0.3) is 0 Å². The molecule has 0 spiro atoms. The lowest BCUT2D eigenvalue weighted by Crippen LogP contribution is -2.17. The number of rotatable bonds is 3. The first-order valence-electron chi connectivity index (χ1n) is 3.80. The van der Waals surface area contributed by atoms with Gasteiger partial charge in [-0.05, 0) is 13.0 Å². The molecule has 3 nitrogen and oxygen atoms in total. The van der Waals surface area contributed by atoms with E-state index in [2.05, 4.69) is 16.9 Å². The third-order valence-corrected chi connectivity index (χ3v) is 1.25. The summed E-state index contributed by atoms with van der Waals surface area (Å²) in [6.07, 6.45) is 3.83. The lowest BCUT2D eigenvalue weighted by Gasteiger charge is -2.06. The summed E-state index contributed by atoms with van der Waals surface area (Å²) in [6.45, 7) is 5.71. The highest BCUT2D eigenvalue weighted by Crippen LogP contribution is 1.88. The fourth-order valence-corrected chi connectivity index (χ4v) is 0.569. The summed E-state index contributed by atoms with van der Waals surface area (Å²) in [4.78, 5) is 5.90. The molecule has 3 heteroatoms. The van der Waals surface area contributed by atoms with Crippen LogP contribution < -0.4 is 5.32 Å². The molecule has 0 radical (unpaired) electrons. The average molecular weight is 167 g/mol. The Morgan fingerprint density at radius 3 is 2.50 bits per heavy atom. The van der Waals surface area contributed by atoms with Gasteiger partial charge in [0.1, 0.15) is 0 Å². The van der Waals surface area contributed by atoms with Crippen LogP contribution in [0, 0.1) is 0 Å². The van der Waals surface area contributed by atoms with Gasteiger partial charge < -0.3 is 10.2 Å². The molecule has 68 valence electrons. The van der Waals surface area contributed by atoms with Gasteiger partial charge in [-0.2, -0.15) is 0 Å². The van der Waals surface area contributed by atoms with Crippen molar-refractivity contribution in [2.45, 2.75) is 6.92 Å². The Bertz CT molecular complexity index is 202. The van der Waals surface area contributed by atoms with E-state index in [4.69, 9.17) is 0 Å². The third-order valence-electron chi connectivity index (χ3n) is 1.25. The maximum atomic E-state index is 3.95. The minimum atomic E-state index is 0.840. The second-order valence-electron chi connectivity index (χ2n) is 2.74. The van der Waals surface area contributed by atoms with Crippen molar-refractivity contribution in [3.63, 3.8) is 0 Å². The van der Waals surface area contributed by atoms with Gasteiger partial charge in [0.15, 0.2) is 0 Å². The molecule has 0 aromatic carbocycles. The molecule has 0 saturated carbocycles. The van der Waals surface area contributed by atoms with E-state index in [-0.39, 0.29) is 0 Å². The van der Waals surface area contributed by atoms with Gasteiger partial charge in [-0.25, -0.2) is 0 Å². The molecule has 0 bridgehead atoms. The van der Waals surface area contributed by atoms with Crippen LogP contribution in [0.3, 0.4) is 0 Å². The summed E-state index contributed by atoms with van der Waals surface area (Å²) < 4.78 is 0. The smallest absolute Gasteiger partial charge is 0.0971 e. The second kappa shape index (κ2) is 5.41. The number of hydrogen-bond acceptors (Lipinski definition) is 2. The van der Waals surface area contributed by atoms with E-state index in [1.54, 1.807) is 7.05 Å². The molecule has 0 atom stereocenters. The predicted octanol–water partition coefficient (Wildman–Crippen LogP) is 1.21. The molecule has 0 amide bonds. The lowest BCUT2D eigenvalue weighted by atomic mass is 10.4. The van der Waals surface area contributed by atoms with Crippen molar-refractivity contribution in [2.75, 3.05) is 21.1 Å². The summed E-state index contributed by atoms with van der Waals surface area (Å²) in [5, 5.41) is 3.03. The predicted molar refractivity (Wildman–Crippen MR) is 54.1 cm³/mol. The number of nitrogens with zero attached hydrogens (tertiary/aromatic N) is 2. The Balaban J connectivity index is 3.90. The van der Waals surface area contributed by atoms with Gasteiger partial charge >= 0.3 is 0 Å². The van der Waals surface area contributed by atoms with Crippen molar-refractivity contribution in [3.05, 3.63) is 24.6 Å². The molecule has 12 heavy (non-hydrogen) atoms. The summed E-state index contributed by atoms with van der Waals surface area (Å²) in [5.74, 6) is 0.864. The van der Waals surface area contributed by atoms with E-state index in [0.29, 0.717) is 0 Å². The van der Waals surface area contributed by atoms with E-state index in [1.807, 2.05) is 38.2 Å². The molecule has 0 saturated heterocycles. The van der Waals surface area contributed by atoms with Crippen LogP contribution in [-0.4, -0.2) is 31.9 Å². The van der Waals surface area contributed by atoms with Crippen molar-refractivity contribution in [3.8, 4) is 0 Å². The monoisotopic (exact) mass is 167 g/mol. The van der Waals surface area contributed by atoms with Gasteiger partial charge in [0.05, 0.1) is 5.84 Å². The Labute approximate surface area is 74.5 Å². The zero-order chi connectivity index (χ0) is 9.56. The topological polar surface area (TPSA) is 27.6 Å². The van der Waals surface area contributed by atoms with Crippen LogP contribution in [0.4, 0.5) is 0 Å². The Morgan fingerprint density at radius 1 is 1.50 bits per heavy atom. The summed E-state index contributed by atoms with van der Waals surface area (Å²) >= 11 is 0. The van der Waals surface area contributed by atoms with Crippen molar-refractivity contribution in [1.29, 1.82) is 0 Å². The van der Waals surface area contributed by atoms with Crippen LogP contribution in [0.5, 0.6) is 0 Å². The van der Waals surface area contributed by atoms with Gasteiger partial charge in [0.2, 0.25) is 0 Å². The minimum Gasteiger partial charge on any atom is -0.383 e. The molecule has 0 aromatic rings. The highest BCUT2D eigenvalue weighted by atomic mass is 15.0. The SMILES string of the molecule is C=C(/C=C\N(C)C)NC(C)=NC. The van der Waals surface area contributed by atoms with E-state index in [9.17, 15) is 0 Å². The molecule has 0 heterocycles. The van der Waals surface area contributed by atoms with Crippen molar-refractivity contribution < 1.29 is 0 Å². The normalized spacial score (nSPS) is 11.8. The van der Waals surface area contributed by atoms with Gasteiger partial charge in [-0.3, -0.25) is 4.99 Å². The molecule has 0 aliphatic heterocycles. The van der Waals surface area contributed by atoms with E-state index >= 15 is 0 Å². The molecule has 0 aromatic heterocycles. The second-order valence-corrected chi connectivity index (χ2v) is 2.74.